The van der Waals surface area contributed by atoms with Crippen molar-refractivity contribution < 1.29 is 27.0 Å². The number of benzene rings is 2. The van der Waals surface area contributed by atoms with Crippen LogP contribution in [0.2, 0.25) is 5.04 Å². The number of methoxy groups -OCH3 is 1. The molecule has 0 aliphatic carbocycles. The zero-order valence-electron chi connectivity index (χ0n) is 18.8. The van der Waals surface area contributed by atoms with Crippen LogP contribution in [0.15, 0.2) is 60.7 Å². The van der Waals surface area contributed by atoms with Crippen LogP contribution < -0.4 is 10.4 Å². The van der Waals surface area contributed by atoms with E-state index in [0.717, 1.165) is 10.4 Å². The minimum atomic E-state index is -2.82. The van der Waals surface area contributed by atoms with Crippen LogP contribution in [0.1, 0.15) is 20.8 Å². The van der Waals surface area contributed by atoms with Crippen molar-refractivity contribution in [3.8, 4) is 0 Å². The van der Waals surface area contributed by atoms with Crippen LogP contribution in [0, 0.1) is 0 Å². The Labute approximate surface area is 195 Å². The van der Waals surface area contributed by atoms with Crippen LogP contribution >= 0.6 is 18.2 Å². The van der Waals surface area contributed by atoms with Gasteiger partial charge in [0, 0.05) is 0 Å². The third-order valence-corrected chi connectivity index (χ3v) is 11.8. The van der Waals surface area contributed by atoms with E-state index < -0.39 is 39.5 Å². The van der Waals surface area contributed by atoms with E-state index in [9.17, 15) is 8.96 Å². The predicted molar refractivity (Wildman–Crippen MR) is 131 cm³/mol. The first-order valence-corrected chi connectivity index (χ1v) is 15.1. The van der Waals surface area contributed by atoms with Gasteiger partial charge in [0.15, 0.2) is 0 Å². The van der Waals surface area contributed by atoms with Crippen LogP contribution in [-0.2, 0) is 22.6 Å². The fraction of sp³-hybridized carbons (Fsp3) is 0.455. The molecule has 5 atom stereocenters. The molecule has 5 nitrogen and oxygen atoms in total. The van der Waals surface area contributed by atoms with E-state index in [-0.39, 0.29) is 11.6 Å². The van der Waals surface area contributed by atoms with Crippen LogP contribution in [0.3, 0.4) is 0 Å². The molecule has 0 bridgehead atoms. The summed E-state index contributed by atoms with van der Waals surface area (Å²) in [5.74, 6) is 0. The Hall–Kier alpha value is -1.06. The van der Waals surface area contributed by atoms with Crippen molar-refractivity contribution in [1.29, 1.82) is 0 Å². The van der Waals surface area contributed by atoms with E-state index in [2.05, 4.69) is 52.2 Å². The monoisotopic (exact) mass is 494 g/mol. The molecule has 2 aromatic carbocycles. The Bertz CT molecular complexity index is 897. The van der Waals surface area contributed by atoms with Gasteiger partial charge in [0.25, 0.3) is 0 Å². The number of ether oxygens (including phenoxy) is 2. The molecule has 0 N–H and O–H groups in total. The molecule has 1 aliphatic rings. The second-order valence-electron chi connectivity index (χ2n) is 8.67. The van der Waals surface area contributed by atoms with Gasteiger partial charge in [-0.3, -0.25) is 0 Å². The van der Waals surface area contributed by atoms with Crippen LogP contribution in [0.4, 0.5) is 4.39 Å². The molecule has 0 spiro atoms. The van der Waals surface area contributed by atoms with Crippen LogP contribution in [0.5, 0.6) is 0 Å². The van der Waals surface area contributed by atoms with Crippen molar-refractivity contribution >= 4 is 44.0 Å². The van der Waals surface area contributed by atoms with Gasteiger partial charge in [0.1, 0.15) is 0 Å². The van der Waals surface area contributed by atoms with Gasteiger partial charge in [-0.1, -0.05) is 0 Å². The van der Waals surface area contributed by atoms with Gasteiger partial charge in [-0.15, -0.1) is 0 Å². The summed E-state index contributed by atoms with van der Waals surface area (Å²) in [5, 5.41) is 2.00. The van der Waals surface area contributed by atoms with Gasteiger partial charge in [-0.05, 0) is 0 Å². The number of hydrogen-bond donors (Lipinski definition) is 0. The van der Waals surface area contributed by atoms with E-state index in [1.165, 1.54) is 7.11 Å². The van der Waals surface area contributed by atoms with Gasteiger partial charge in [0.2, 0.25) is 0 Å². The molecule has 172 valence electrons. The molecule has 1 aliphatic heterocycles. The average molecular weight is 494 g/mol. The van der Waals surface area contributed by atoms with Crippen molar-refractivity contribution in [2.24, 2.45) is 0 Å². The maximum absolute atomic E-state index is 14.9. The second-order valence-corrected chi connectivity index (χ2v) is 15.6. The molecule has 10 heteroatoms. The SMILES string of the molecule is B=P(=O)SO[C@H]1[C@H](F)C(OC)O[C@@H]1CO[Si](c1ccccc1)(c1ccccc1)C(C)(C)C. The van der Waals surface area contributed by atoms with E-state index in [1.54, 1.807) is 0 Å². The fourth-order valence-electron chi connectivity index (χ4n) is 4.19. The molecule has 1 heterocycles. The van der Waals surface area contributed by atoms with Gasteiger partial charge in [-0.25, -0.2) is 0 Å². The minimum absolute atomic E-state index is 0.104. The van der Waals surface area contributed by atoms with E-state index in [4.69, 9.17) is 18.1 Å². The Morgan fingerprint density at radius 2 is 1.62 bits per heavy atom. The van der Waals surface area contributed by atoms with Gasteiger partial charge in [0.05, 0.1) is 0 Å². The molecule has 32 heavy (non-hydrogen) atoms. The summed E-state index contributed by atoms with van der Waals surface area (Å²) in [6, 6.07) is 20.4. The van der Waals surface area contributed by atoms with Crippen molar-refractivity contribution in [3.63, 3.8) is 0 Å². The van der Waals surface area contributed by atoms with E-state index in [1.807, 2.05) is 36.4 Å². The Morgan fingerprint density at radius 3 is 2.06 bits per heavy atom. The summed E-state index contributed by atoms with van der Waals surface area (Å²) in [6.45, 7) is 4.71. The number of halogens is 1. The molecule has 2 aromatic rings. The summed E-state index contributed by atoms with van der Waals surface area (Å²) >= 11 is 0.659. The number of rotatable bonds is 9. The zero-order chi connectivity index (χ0) is 23.4. The van der Waals surface area contributed by atoms with Crippen molar-refractivity contribution in [2.75, 3.05) is 13.7 Å². The summed E-state index contributed by atoms with van der Waals surface area (Å²) in [4.78, 5) is 0. The molecule has 0 saturated carbocycles. The first kappa shape index (κ1) is 25.6. The third kappa shape index (κ3) is 5.36. The van der Waals surface area contributed by atoms with Gasteiger partial charge in [-0.2, -0.15) is 0 Å². The standard InChI is InChI=1S/C22H29BFO5PSSi/c1-22(2,3)32(16-11-7-5-8-12-16,17-13-9-6-10-14-17)27-15-18-20(29-31-30(23)25)19(24)21(26-4)28-18/h5-14,18-21,23H,15H2,1-4H3/t18-,19+,20-,21?/m1/s1. The van der Waals surface area contributed by atoms with Crippen molar-refractivity contribution in [2.45, 2.75) is 50.5 Å². The molecule has 0 aromatic heterocycles. The fourth-order valence-corrected chi connectivity index (χ4v) is 9.77. The molecule has 3 rings (SSSR count). The Balaban J connectivity index is 1.98. The summed E-state index contributed by atoms with van der Waals surface area (Å²) in [5.41, 5.74) is 0. The average Bonchev–Trinajstić information content (AvgIpc) is 3.07. The quantitative estimate of drug-likeness (QED) is 0.300. The topological polar surface area (TPSA) is 54.0 Å². The van der Waals surface area contributed by atoms with Gasteiger partial charge < -0.3 is 0 Å². The number of alkyl halides is 1. The molecule has 0 radical (unpaired) electrons. The van der Waals surface area contributed by atoms with E-state index >= 15 is 0 Å². The van der Waals surface area contributed by atoms with Gasteiger partial charge >= 0.3 is 196 Å². The molecular weight excluding hydrogens is 465 g/mol. The van der Waals surface area contributed by atoms with Crippen molar-refractivity contribution in [3.05, 3.63) is 60.7 Å². The van der Waals surface area contributed by atoms with Crippen LogP contribution in [-0.4, -0.2) is 53.9 Å². The second kappa shape index (κ2) is 10.9. The molecular formula is C22H29BFO5PSSi. The molecule has 1 saturated heterocycles. The molecule has 1 fully saturated rings. The predicted octanol–water partition coefficient (Wildman–Crippen LogP) is 3.86. The van der Waals surface area contributed by atoms with E-state index in [0.29, 0.717) is 11.7 Å². The summed E-state index contributed by atoms with van der Waals surface area (Å²) < 4.78 is 49.6. The first-order valence-electron chi connectivity index (χ1n) is 10.4. The normalized spacial score (nSPS) is 24.4. The molecule has 0 amide bonds. The summed E-state index contributed by atoms with van der Waals surface area (Å²) in [6.07, 6.45) is -4.31. The van der Waals surface area contributed by atoms with Crippen molar-refractivity contribution in [1.82, 2.24) is 0 Å². The van der Waals surface area contributed by atoms with Crippen LogP contribution in [0.25, 0.3) is 0 Å². The zero-order valence-corrected chi connectivity index (χ0v) is 21.5. The Morgan fingerprint density at radius 1 is 1.09 bits per heavy atom. The first-order chi connectivity index (χ1) is 15.2. The Kier molecular flexibility index (Phi) is 8.72. The number of hydrogen-bond acceptors (Lipinski definition) is 6. The maximum atomic E-state index is 14.9. The third-order valence-electron chi connectivity index (χ3n) is 5.60. The molecule has 2 unspecified atom stereocenters. The summed E-state index contributed by atoms with van der Waals surface area (Å²) in [7, 11) is 1.98.